The lowest BCUT2D eigenvalue weighted by Gasteiger charge is -2.31. The van der Waals surface area contributed by atoms with Crippen LogP contribution in [0.2, 0.25) is 0 Å². The van der Waals surface area contributed by atoms with Gasteiger partial charge in [-0.1, -0.05) is 25.1 Å². The van der Waals surface area contributed by atoms with Crippen LogP contribution in [0, 0.1) is 5.92 Å². The highest BCUT2D eigenvalue weighted by atomic mass is 15.4. The van der Waals surface area contributed by atoms with Crippen molar-refractivity contribution in [2.45, 2.75) is 25.8 Å². The van der Waals surface area contributed by atoms with E-state index in [-0.39, 0.29) is 0 Å². The molecule has 0 amide bonds. The van der Waals surface area contributed by atoms with Gasteiger partial charge in [-0.15, -0.1) is 0 Å². The van der Waals surface area contributed by atoms with E-state index in [4.69, 9.17) is 0 Å². The number of hydrogen-bond donors (Lipinski definition) is 0. The fourth-order valence-corrected chi connectivity index (χ4v) is 3.03. The van der Waals surface area contributed by atoms with E-state index < -0.39 is 0 Å². The summed E-state index contributed by atoms with van der Waals surface area (Å²) in [4.78, 5) is 5.16. The van der Waals surface area contributed by atoms with E-state index in [1.807, 2.05) is 0 Å². The Hall–Kier alpha value is -1.02. The monoisotopic (exact) mass is 216 g/mol. The minimum atomic E-state index is 0.795. The molecule has 1 aromatic carbocycles. The standard InChI is InChI=1S/C14H20N2/c1-12-7-8-15-11-16(10-14(15)9-12)13-5-3-2-4-6-13/h2-6,12,14H,7-11H2,1H3/t12-,14+/m1/s1. The molecule has 0 saturated carbocycles. The number of fused-ring (bicyclic) bond motifs is 1. The first-order valence-corrected chi connectivity index (χ1v) is 6.37. The summed E-state index contributed by atoms with van der Waals surface area (Å²) in [6, 6.07) is 11.6. The smallest absolute Gasteiger partial charge is 0.0710 e. The first kappa shape index (κ1) is 10.2. The number of hydrogen-bond acceptors (Lipinski definition) is 2. The fourth-order valence-electron chi connectivity index (χ4n) is 3.03. The second-order valence-electron chi connectivity index (χ2n) is 5.30. The van der Waals surface area contributed by atoms with Gasteiger partial charge in [0.25, 0.3) is 0 Å². The second kappa shape index (κ2) is 4.10. The van der Waals surface area contributed by atoms with Gasteiger partial charge in [0, 0.05) is 24.8 Å². The van der Waals surface area contributed by atoms with Crippen LogP contribution in [0.5, 0.6) is 0 Å². The molecule has 16 heavy (non-hydrogen) atoms. The molecule has 2 saturated heterocycles. The van der Waals surface area contributed by atoms with Crippen molar-refractivity contribution in [3.8, 4) is 0 Å². The van der Waals surface area contributed by atoms with Crippen molar-refractivity contribution < 1.29 is 0 Å². The average Bonchev–Trinajstić information content (AvgIpc) is 2.73. The van der Waals surface area contributed by atoms with Gasteiger partial charge in [-0.2, -0.15) is 0 Å². The Kier molecular flexibility index (Phi) is 2.60. The number of para-hydroxylation sites is 1. The minimum absolute atomic E-state index is 0.795. The zero-order valence-electron chi connectivity index (χ0n) is 9.97. The molecule has 2 aliphatic rings. The van der Waals surface area contributed by atoms with Crippen molar-refractivity contribution in [1.82, 2.24) is 4.90 Å². The van der Waals surface area contributed by atoms with Gasteiger partial charge < -0.3 is 4.90 Å². The van der Waals surface area contributed by atoms with E-state index in [0.29, 0.717) is 0 Å². The van der Waals surface area contributed by atoms with E-state index in [0.717, 1.165) is 18.6 Å². The van der Waals surface area contributed by atoms with Gasteiger partial charge in [-0.05, 0) is 30.9 Å². The Labute approximate surface area is 97.9 Å². The van der Waals surface area contributed by atoms with Crippen LogP contribution in [-0.2, 0) is 0 Å². The molecule has 86 valence electrons. The molecule has 1 aromatic rings. The van der Waals surface area contributed by atoms with Crippen molar-refractivity contribution in [3.05, 3.63) is 30.3 Å². The van der Waals surface area contributed by atoms with Crippen LogP contribution in [0.1, 0.15) is 19.8 Å². The summed E-state index contributed by atoms with van der Waals surface area (Å²) in [6.45, 7) is 6.02. The lowest BCUT2D eigenvalue weighted by molar-refractivity contribution is 0.166. The third-order valence-corrected chi connectivity index (χ3v) is 4.00. The third kappa shape index (κ3) is 1.82. The SMILES string of the molecule is C[C@@H]1CCN2CN(c3ccccc3)C[C@@H]2C1. The van der Waals surface area contributed by atoms with Crippen molar-refractivity contribution in [3.63, 3.8) is 0 Å². The molecule has 0 aromatic heterocycles. The third-order valence-electron chi connectivity index (χ3n) is 4.00. The molecule has 0 radical (unpaired) electrons. The molecule has 2 atom stereocenters. The highest BCUT2D eigenvalue weighted by Crippen LogP contribution is 2.29. The quantitative estimate of drug-likeness (QED) is 0.712. The summed E-state index contributed by atoms with van der Waals surface area (Å²) < 4.78 is 0. The predicted molar refractivity (Wildman–Crippen MR) is 67.5 cm³/mol. The van der Waals surface area contributed by atoms with Crippen LogP contribution in [-0.4, -0.2) is 30.7 Å². The first-order chi connectivity index (χ1) is 7.83. The maximum Gasteiger partial charge on any atom is 0.0710 e. The van der Waals surface area contributed by atoms with E-state index in [1.165, 1.54) is 31.6 Å². The Balaban J connectivity index is 1.73. The van der Waals surface area contributed by atoms with E-state index in [9.17, 15) is 0 Å². The molecular weight excluding hydrogens is 196 g/mol. The average molecular weight is 216 g/mol. The number of piperidine rings is 1. The van der Waals surface area contributed by atoms with Crippen LogP contribution < -0.4 is 4.90 Å². The zero-order chi connectivity index (χ0) is 11.0. The Morgan fingerprint density at radius 1 is 1.19 bits per heavy atom. The van der Waals surface area contributed by atoms with Crippen molar-refractivity contribution in [2.75, 3.05) is 24.7 Å². The maximum atomic E-state index is 2.65. The molecule has 0 N–H and O–H groups in total. The summed E-state index contributed by atoms with van der Waals surface area (Å²) in [7, 11) is 0. The summed E-state index contributed by atoms with van der Waals surface area (Å²) >= 11 is 0. The Morgan fingerprint density at radius 3 is 2.81 bits per heavy atom. The normalized spacial score (nSPS) is 30.4. The van der Waals surface area contributed by atoms with Crippen LogP contribution in [0.25, 0.3) is 0 Å². The molecule has 2 nitrogen and oxygen atoms in total. The van der Waals surface area contributed by atoms with Gasteiger partial charge in [0.05, 0.1) is 6.67 Å². The highest BCUT2D eigenvalue weighted by molar-refractivity contribution is 5.47. The van der Waals surface area contributed by atoms with E-state index in [2.05, 4.69) is 47.1 Å². The van der Waals surface area contributed by atoms with E-state index >= 15 is 0 Å². The second-order valence-corrected chi connectivity index (χ2v) is 5.30. The number of benzene rings is 1. The molecule has 3 rings (SSSR count). The van der Waals surface area contributed by atoms with Gasteiger partial charge in [0.2, 0.25) is 0 Å². The topological polar surface area (TPSA) is 6.48 Å². The van der Waals surface area contributed by atoms with Gasteiger partial charge in [0.1, 0.15) is 0 Å². The van der Waals surface area contributed by atoms with Crippen LogP contribution in [0.15, 0.2) is 30.3 Å². The minimum Gasteiger partial charge on any atom is -0.357 e. The molecule has 0 spiro atoms. The molecule has 2 heteroatoms. The number of nitrogens with zero attached hydrogens (tertiary/aromatic N) is 2. The fraction of sp³-hybridized carbons (Fsp3) is 0.571. The Bertz CT molecular complexity index is 349. The first-order valence-electron chi connectivity index (χ1n) is 6.37. The van der Waals surface area contributed by atoms with Crippen LogP contribution >= 0.6 is 0 Å². The lowest BCUT2D eigenvalue weighted by atomic mass is 9.94. The summed E-state index contributed by atoms with van der Waals surface area (Å²) in [5, 5.41) is 0. The summed E-state index contributed by atoms with van der Waals surface area (Å²) in [5.74, 6) is 0.914. The number of rotatable bonds is 1. The van der Waals surface area contributed by atoms with Gasteiger partial charge in [-0.25, -0.2) is 0 Å². The molecule has 0 unspecified atom stereocenters. The largest absolute Gasteiger partial charge is 0.357 e. The maximum absolute atomic E-state index is 2.65. The van der Waals surface area contributed by atoms with Crippen LogP contribution in [0.4, 0.5) is 5.69 Å². The highest BCUT2D eigenvalue weighted by Gasteiger charge is 2.34. The lowest BCUT2D eigenvalue weighted by Crippen LogP contribution is -2.38. The van der Waals surface area contributed by atoms with Gasteiger partial charge >= 0.3 is 0 Å². The summed E-state index contributed by atoms with van der Waals surface area (Å²) in [6.07, 6.45) is 2.75. The molecule has 0 aliphatic carbocycles. The van der Waals surface area contributed by atoms with Gasteiger partial charge in [-0.3, -0.25) is 4.90 Å². The molecule has 2 heterocycles. The summed E-state index contributed by atoms with van der Waals surface area (Å²) in [5.41, 5.74) is 1.38. The number of anilines is 1. The van der Waals surface area contributed by atoms with Gasteiger partial charge in [0.15, 0.2) is 0 Å². The zero-order valence-corrected chi connectivity index (χ0v) is 9.97. The Morgan fingerprint density at radius 2 is 2.00 bits per heavy atom. The van der Waals surface area contributed by atoms with Crippen molar-refractivity contribution in [1.29, 1.82) is 0 Å². The predicted octanol–water partition coefficient (Wildman–Crippen LogP) is 2.56. The van der Waals surface area contributed by atoms with Crippen molar-refractivity contribution in [2.24, 2.45) is 5.92 Å². The molecule has 2 fully saturated rings. The van der Waals surface area contributed by atoms with Crippen LogP contribution in [0.3, 0.4) is 0 Å². The molecule has 2 aliphatic heterocycles. The molecule has 0 bridgehead atoms. The van der Waals surface area contributed by atoms with E-state index in [1.54, 1.807) is 0 Å². The van der Waals surface area contributed by atoms with Crippen molar-refractivity contribution >= 4 is 5.69 Å². The molecular formula is C14H20N2.